The molecular formula is C19H21N3O. The largest absolute Gasteiger partial charge is 0.375 e. The summed E-state index contributed by atoms with van der Waals surface area (Å²) >= 11 is 0. The van der Waals surface area contributed by atoms with Gasteiger partial charge in [0.2, 0.25) is 0 Å². The normalized spacial score (nSPS) is 17.3. The molecule has 2 heterocycles. The number of benzene rings is 2. The highest BCUT2D eigenvalue weighted by Gasteiger charge is 2.19. The van der Waals surface area contributed by atoms with Crippen molar-refractivity contribution in [2.75, 3.05) is 13.2 Å². The lowest BCUT2D eigenvalue weighted by Crippen LogP contribution is -2.30. The lowest BCUT2D eigenvalue weighted by molar-refractivity contribution is 0.0821. The first kappa shape index (κ1) is 14.4. The number of aryl methyl sites for hydroxylation is 1. The average molecular weight is 307 g/mol. The summed E-state index contributed by atoms with van der Waals surface area (Å²) in [5.41, 5.74) is 4.96. The van der Waals surface area contributed by atoms with Crippen LogP contribution in [-0.4, -0.2) is 22.7 Å². The number of para-hydroxylation sites is 2. The Labute approximate surface area is 136 Å². The predicted molar refractivity (Wildman–Crippen MR) is 91.2 cm³/mol. The molecule has 0 bridgehead atoms. The molecule has 0 saturated carbocycles. The Morgan fingerprint density at radius 3 is 3.00 bits per heavy atom. The minimum Gasteiger partial charge on any atom is -0.375 e. The van der Waals surface area contributed by atoms with Gasteiger partial charge in [0, 0.05) is 6.54 Å². The second kappa shape index (κ2) is 6.52. The molecule has 3 aromatic rings. The van der Waals surface area contributed by atoms with E-state index in [1.54, 1.807) is 0 Å². The highest BCUT2D eigenvalue weighted by Crippen LogP contribution is 2.24. The minimum absolute atomic E-state index is 0.305. The third kappa shape index (κ3) is 3.00. The van der Waals surface area contributed by atoms with Crippen LogP contribution >= 0.6 is 0 Å². The summed E-state index contributed by atoms with van der Waals surface area (Å²) in [6, 6.07) is 17.1. The van der Waals surface area contributed by atoms with Gasteiger partial charge in [-0.25, -0.2) is 4.98 Å². The molecule has 1 unspecified atom stereocenters. The van der Waals surface area contributed by atoms with E-state index in [0.29, 0.717) is 6.04 Å². The van der Waals surface area contributed by atoms with Crippen LogP contribution in [0, 0.1) is 0 Å². The van der Waals surface area contributed by atoms with E-state index in [1.165, 1.54) is 16.6 Å². The van der Waals surface area contributed by atoms with Crippen LogP contribution in [0.5, 0.6) is 0 Å². The summed E-state index contributed by atoms with van der Waals surface area (Å²) in [6.45, 7) is 3.43. The molecule has 0 spiro atoms. The molecule has 2 aromatic carbocycles. The zero-order chi connectivity index (χ0) is 15.5. The van der Waals surface area contributed by atoms with Crippen LogP contribution in [0.15, 0.2) is 54.9 Å². The maximum atomic E-state index is 5.69. The smallest absolute Gasteiger partial charge is 0.0958 e. The lowest BCUT2D eigenvalue weighted by Gasteiger charge is -2.26. The first-order valence-corrected chi connectivity index (χ1v) is 8.20. The molecule has 4 heteroatoms. The van der Waals surface area contributed by atoms with E-state index in [0.717, 1.165) is 38.2 Å². The van der Waals surface area contributed by atoms with Crippen molar-refractivity contribution in [3.05, 3.63) is 66.0 Å². The quantitative estimate of drug-likeness (QED) is 0.735. The van der Waals surface area contributed by atoms with Crippen LogP contribution < -0.4 is 5.32 Å². The van der Waals surface area contributed by atoms with Crippen molar-refractivity contribution in [2.45, 2.75) is 25.6 Å². The van der Waals surface area contributed by atoms with Crippen LogP contribution in [0.4, 0.5) is 0 Å². The van der Waals surface area contributed by atoms with Crippen molar-refractivity contribution >= 4 is 11.0 Å². The third-order valence-corrected chi connectivity index (χ3v) is 4.47. The van der Waals surface area contributed by atoms with Crippen LogP contribution in [0.3, 0.4) is 0 Å². The van der Waals surface area contributed by atoms with E-state index in [4.69, 9.17) is 4.74 Å². The Kier molecular flexibility index (Phi) is 4.09. The number of aromatic nitrogens is 2. The molecule has 4 rings (SSSR count). The Bertz CT molecular complexity index is 796. The third-order valence-electron chi connectivity index (χ3n) is 4.47. The van der Waals surface area contributed by atoms with Crippen LogP contribution in [0.2, 0.25) is 0 Å². The van der Waals surface area contributed by atoms with Crippen LogP contribution in [0.25, 0.3) is 11.0 Å². The van der Waals surface area contributed by atoms with Gasteiger partial charge in [0.15, 0.2) is 0 Å². The van der Waals surface area contributed by atoms with Gasteiger partial charge < -0.3 is 14.6 Å². The molecule has 4 nitrogen and oxygen atoms in total. The number of imidazole rings is 1. The zero-order valence-corrected chi connectivity index (χ0v) is 13.1. The number of hydrogen-bond donors (Lipinski definition) is 1. The number of fused-ring (bicyclic) bond motifs is 2. The second-order valence-corrected chi connectivity index (χ2v) is 6.00. The lowest BCUT2D eigenvalue weighted by atomic mass is 9.99. The standard InChI is InChI=1S/C19H21N3O/c1-2-7-16-15(6-1)12-23-13-18(16)20-10-5-11-22-14-21-17-8-3-4-9-19(17)22/h1-4,6-9,14,18,20H,5,10-13H2. The van der Waals surface area contributed by atoms with Crippen molar-refractivity contribution in [1.29, 1.82) is 0 Å². The first-order valence-electron chi connectivity index (χ1n) is 8.20. The molecule has 0 aliphatic carbocycles. The number of hydrogen-bond acceptors (Lipinski definition) is 3. The maximum Gasteiger partial charge on any atom is 0.0958 e. The molecule has 1 atom stereocenters. The van der Waals surface area contributed by atoms with E-state index in [9.17, 15) is 0 Å². The summed E-state index contributed by atoms with van der Waals surface area (Å²) in [4.78, 5) is 4.44. The molecule has 0 saturated heterocycles. The highest BCUT2D eigenvalue weighted by atomic mass is 16.5. The number of ether oxygens (including phenoxy) is 1. The van der Waals surface area contributed by atoms with Gasteiger partial charge in [-0.05, 0) is 36.2 Å². The van der Waals surface area contributed by atoms with Gasteiger partial charge in [-0.15, -0.1) is 0 Å². The second-order valence-electron chi connectivity index (χ2n) is 6.00. The summed E-state index contributed by atoms with van der Waals surface area (Å²) in [5, 5.41) is 3.63. The summed E-state index contributed by atoms with van der Waals surface area (Å²) in [5.74, 6) is 0. The summed E-state index contributed by atoms with van der Waals surface area (Å²) in [6.07, 6.45) is 3.00. The number of rotatable bonds is 5. The molecule has 1 aliphatic rings. The van der Waals surface area contributed by atoms with E-state index in [-0.39, 0.29) is 0 Å². The molecule has 0 amide bonds. The van der Waals surface area contributed by atoms with E-state index in [2.05, 4.69) is 57.3 Å². The molecular weight excluding hydrogens is 286 g/mol. The Morgan fingerprint density at radius 2 is 2.00 bits per heavy atom. The molecule has 118 valence electrons. The first-order chi connectivity index (χ1) is 11.4. The zero-order valence-electron chi connectivity index (χ0n) is 13.1. The fourth-order valence-corrected chi connectivity index (χ4v) is 3.27. The molecule has 1 aromatic heterocycles. The highest BCUT2D eigenvalue weighted by molar-refractivity contribution is 5.74. The SMILES string of the molecule is c1ccc2c(c1)COCC2NCCCn1cnc2ccccc21. The van der Waals surface area contributed by atoms with Crippen LogP contribution in [-0.2, 0) is 17.9 Å². The van der Waals surface area contributed by atoms with Gasteiger partial charge in [-0.3, -0.25) is 0 Å². The minimum atomic E-state index is 0.305. The molecule has 1 aliphatic heterocycles. The molecule has 23 heavy (non-hydrogen) atoms. The van der Waals surface area contributed by atoms with Gasteiger partial charge in [0.25, 0.3) is 0 Å². The van der Waals surface area contributed by atoms with Gasteiger partial charge >= 0.3 is 0 Å². The molecule has 0 fully saturated rings. The Hall–Kier alpha value is -2.17. The topological polar surface area (TPSA) is 39.1 Å². The fourth-order valence-electron chi connectivity index (χ4n) is 3.27. The van der Waals surface area contributed by atoms with Crippen molar-refractivity contribution in [2.24, 2.45) is 0 Å². The van der Waals surface area contributed by atoms with E-state index < -0.39 is 0 Å². The Morgan fingerprint density at radius 1 is 1.13 bits per heavy atom. The fraction of sp³-hybridized carbons (Fsp3) is 0.316. The average Bonchev–Trinajstić information content (AvgIpc) is 3.02. The summed E-state index contributed by atoms with van der Waals surface area (Å²) in [7, 11) is 0. The van der Waals surface area contributed by atoms with Crippen molar-refractivity contribution in [3.63, 3.8) is 0 Å². The van der Waals surface area contributed by atoms with Crippen molar-refractivity contribution < 1.29 is 4.74 Å². The van der Waals surface area contributed by atoms with Gasteiger partial charge in [0.05, 0.1) is 36.6 Å². The molecule has 0 radical (unpaired) electrons. The number of nitrogens with zero attached hydrogens (tertiary/aromatic N) is 2. The Balaban J connectivity index is 1.34. The molecule has 1 N–H and O–H groups in total. The van der Waals surface area contributed by atoms with Gasteiger partial charge in [0.1, 0.15) is 0 Å². The van der Waals surface area contributed by atoms with Gasteiger partial charge in [-0.1, -0.05) is 36.4 Å². The van der Waals surface area contributed by atoms with Crippen molar-refractivity contribution in [1.82, 2.24) is 14.9 Å². The summed E-state index contributed by atoms with van der Waals surface area (Å²) < 4.78 is 7.92. The number of nitrogens with one attached hydrogen (secondary N) is 1. The van der Waals surface area contributed by atoms with Crippen LogP contribution in [0.1, 0.15) is 23.6 Å². The van der Waals surface area contributed by atoms with Crippen molar-refractivity contribution in [3.8, 4) is 0 Å². The maximum absolute atomic E-state index is 5.69. The van der Waals surface area contributed by atoms with Gasteiger partial charge in [-0.2, -0.15) is 0 Å². The van der Waals surface area contributed by atoms with E-state index >= 15 is 0 Å². The predicted octanol–water partition coefficient (Wildman–Crippen LogP) is 3.29. The monoisotopic (exact) mass is 307 g/mol. The van der Waals surface area contributed by atoms with E-state index in [1.807, 2.05) is 12.4 Å².